The van der Waals surface area contributed by atoms with Gasteiger partial charge in [0.2, 0.25) is 10.0 Å². The van der Waals surface area contributed by atoms with Crippen molar-refractivity contribution in [3.8, 4) is 0 Å². The number of ether oxygens (including phenoxy) is 1. The maximum atomic E-state index is 12.7. The summed E-state index contributed by atoms with van der Waals surface area (Å²) in [6.07, 6.45) is 1.66. The van der Waals surface area contributed by atoms with Crippen LogP contribution in [-0.2, 0) is 33.1 Å². The minimum atomic E-state index is -3.20. The number of hydrogen-bond acceptors (Lipinski definition) is 3. The fraction of sp³-hybridized carbons (Fsp3) is 0.667. The second-order valence-corrected chi connectivity index (χ2v) is 9.84. The molecule has 0 spiro atoms. The SMILES string of the molecule is CC(C)(C)c1ccc2c(c1)CN(S(=O)(=O)CC1CCOC1)CC2. The molecule has 1 fully saturated rings. The van der Waals surface area contributed by atoms with Crippen LogP contribution in [0.4, 0.5) is 0 Å². The molecule has 2 heterocycles. The maximum absolute atomic E-state index is 12.7. The van der Waals surface area contributed by atoms with Crippen molar-refractivity contribution in [2.45, 2.75) is 45.6 Å². The zero-order valence-electron chi connectivity index (χ0n) is 14.3. The second kappa shape index (κ2) is 6.19. The molecule has 0 radical (unpaired) electrons. The Morgan fingerprint density at radius 3 is 2.70 bits per heavy atom. The highest BCUT2D eigenvalue weighted by Gasteiger charge is 2.31. The average molecular weight is 337 g/mol. The highest BCUT2D eigenvalue weighted by molar-refractivity contribution is 7.89. The van der Waals surface area contributed by atoms with E-state index in [2.05, 4.69) is 39.0 Å². The molecule has 3 rings (SSSR count). The summed E-state index contributed by atoms with van der Waals surface area (Å²) in [5.41, 5.74) is 3.79. The fourth-order valence-corrected chi connectivity index (χ4v) is 5.13. The van der Waals surface area contributed by atoms with Gasteiger partial charge in [0.05, 0.1) is 12.4 Å². The Morgan fingerprint density at radius 2 is 2.04 bits per heavy atom. The Balaban J connectivity index is 1.78. The van der Waals surface area contributed by atoms with Crippen LogP contribution in [0.2, 0.25) is 0 Å². The van der Waals surface area contributed by atoms with Crippen LogP contribution in [0.5, 0.6) is 0 Å². The lowest BCUT2D eigenvalue weighted by Gasteiger charge is -2.30. The summed E-state index contributed by atoms with van der Waals surface area (Å²) in [4.78, 5) is 0. The molecule has 1 atom stereocenters. The van der Waals surface area contributed by atoms with Gasteiger partial charge in [0.15, 0.2) is 0 Å². The minimum absolute atomic E-state index is 0.0807. The lowest BCUT2D eigenvalue weighted by molar-refractivity contribution is 0.188. The standard InChI is InChI=1S/C18H27NO3S/c1-18(2,3)17-5-4-15-6-8-19(11-16(15)10-17)23(20,21)13-14-7-9-22-12-14/h4-5,10,14H,6-9,11-13H2,1-3H3. The van der Waals surface area contributed by atoms with Crippen molar-refractivity contribution in [2.75, 3.05) is 25.5 Å². The van der Waals surface area contributed by atoms with Crippen LogP contribution in [0.25, 0.3) is 0 Å². The first-order chi connectivity index (χ1) is 10.8. The van der Waals surface area contributed by atoms with Crippen LogP contribution in [0.15, 0.2) is 18.2 Å². The van der Waals surface area contributed by atoms with Gasteiger partial charge >= 0.3 is 0 Å². The zero-order valence-corrected chi connectivity index (χ0v) is 15.2. The third kappa shape index (κ3) is 3.78. The number of nitrogens with zero attached hydrogens (tertiary/aromatic N) is 1. The van der Waals surface area contributed by atoms with E-state index in [1.54, 1.807) is 4.31 Å². The predicted octanol–water partition coefficient (Wildman–Crippen LogP) is 2.71. The molecule has 2 aliphatic rings. The second-order valence-electron chi connectivity index (χ2n) is 7.83. The van der Waals surface area contributed by atoms with Crippen molar-refractivity contribution < 1.29 is 13.2 Å². The van der Waals surface area contributed by atoms with Crippen LogP contribution in [0.3, 0.4) is 0 Å². The number of sulfonamides is 1. The smallest absolute Gasteiger partial charge is 0.214 e. The Labute approximate surface area is 139 Å². The molecule has 1 aromatic rings. The molecule has 0 aliphatic carbocycles. The van der Waals surface area contributed by atoms with Gasteiger partial charge in [0.1, 0.15) is 0 Å². The predicted molar refractivity (Wildman–Crippen MR) is 92.0 cm³/mol. The van der Waals surface area contributed by atoms with E-state index in [0.717, 1.165) is 18.4 Å². The molecule has 4 nitrogen and oxygen atoms in total. The molecule has 1 aromatic carbocycles. The summed E-state index contributed by atoms with van der Waals surface area (Å²) in [5.74, 6) is 0.378. The van der Waals surface area contributed by atoms with E-state index in [4.69, 9.17) is 4.74 Å². The van der Waals surface area contributed by atoms with Crippen LogP contribution < -0.4 is 0 Å². The van der Waals surface area contributed by atoms with Gasteiger partial charge in [-0.3, -0.25) is 0 Å². The summed E-state index contributed by atoms with van der Waals surface area (Å²) in [7, 11) is -3.20. The van der Waals surface area contributed by atoms with E-state index in [1.807, 2.05) is 0 Å². The monoisotopic (exact) mass is 337 g/mol. The Bertz CT molecular complexity index is 670. The van der Waals surface area contributed by atoms with Gasteiger partial charge in [-0.25, -0.2) is 8.42 Å². The highest BCUT2D eigenvalue weighted by Crippen LogP contribution is 2.29. The first-order valence-corrected chi connectivity index (χ1v) is 10.0. The average Bonchev–Trinajstić information content (AvgIpc) is 2.97. The van der Waals surface area contributed by atoms with E-state index in [0.29, 0.717) is 26.3 Å². The van der Waals surface area contributed by atoms with Gasteiger partial charge in [0, 0.05) is 19.7 Å². The summed E-state index contributed by atoms with van der Waals surface area (Å²) >= 11 is 0. The first-order valence-electron chi connectivity index (χ1n) is 8.43. The van der Waals surface area contributed by atoms with Gasteiger partial charge < -0.3 is 4.74 Å². The van der Waals surface area contributed by atoms with Crippen LogP contribution in [0.1, 0.15) is 43.9 Å². The quantitative estimate of drug-likeness (QED) is 0.852. The topological polar surface area (TPSA) is 46.6 Å². The molecule has 2 aliphatic heterocycles. The minimum Gasteiger partial charge on any atom is -0.381 e. The van der Waals surface area contributed by atoms with Crippen molar-refractivity contribution >= 4 is 10.0 Å². The molecule has 0 bridgehead atoms. The van der Waals surface area contributed by atoms with Crippen LogP contribution >= 0.6 is 0 Å². The molecule has 23 heavy (non-hydrogen) atoms. The number of benzene rings is 1. The van der Waals surface area contributed by atoms with E-state index < -0.39 is 10.0 Å². The number of rotatable bonds is 3. The Hall–Kier alpha value is -0.910. The largest absolute Gasteiger partial charge is 0.381 e. The molecule has 0 saturated carbocycles. The zero-order chi connectivity index (χ0) is 16.7. The van der Waals surface area contributed by atoms with Gasteiger partial charge in [0.25, 0.3) is 0 Å². The van der Waals surface area contributed by atoms with Crippen molar-refractivity contribution in [3.05, 3.63) is 34.9 Å². The Kier molecular flexibility index (Phi) is 4.55. The van der Waals surface area contributed by atoms with Crippen molar-refractivity contribution in [2.24, 2.45) is 5.92 Å². The van der Waals surface area contributed by atoms with Crippen molar-refractivity contribution in [3.63, 3.8) is 0 Å². The Morgan fingerprint density at radius 1 is 1.26 bits per heavy atom. The van der Waals surface area contributed by atoms with E-state index in [1.165, 1.54) is 11.1 Å². The van der Waals surface area contributed by atoms with Gasteiger partial charge in [-0.15, -0.1) is 0 Å². The highest BCUT2D eigenvalue weighted by atomic mass is 32.2. The van der Waals surface area contributed by atoms with Crippen molar-refractivity contribution in [1.29, 1.82) is 0 Å². The molecular formula is C18H27NO3S. The molecule has 1 saturated heterocycles. The van der Waals surface area contributed by atoms with Gasteiger partial charge in [-0.2, -0.15) is 4.31 Å². The molecule has 128 valence electrons. The van der Waals surface area contributed by atoms with Gasteiger partial charge in [-0.05, 0) is 40.9 Å². The summed E-state index contributed by atoms with van der Waals surface area (Å²) in [6.45, 7) is 8.94. The van der Waals surface area contributed by atoms with Gasteiger partial charge in [-0.1, -0.05) is 39.0 Å². The molecule has 0 N–H and O–H groups in total. The van der Waals surface area contributed by atoms with E-state index in [-0.39, 0.29) is 17.1 Å². The summed E-state index contributed by atoms with van der Waals surface area (Å²) in [6, 6.07) is 6.54. The molecular weight excluding hydrogens is 310 g/mol. The number of fused-ring (bicyclic) bond motifs is 1. The molecule has 0 amide bonds. The summed E-state index contributed by atoms with van der Waals surface area (Å²) in [5, 5.41) is 0. The number of hydrogen-bond donors (Lipinski definition) is 0. The lowest BCUT2D eigenvalue weighted by atomic mass is 9.84. The third-order valence-electron chi connectivity index (χ3n) is 4.91. The first kappa shape index (κ1) is 16.9. The maximum Gasteiger partial charge on any atom is 0.214 e. The third-order valence-corrected chi connectivity index (χ3v) is 6.90. The molecule has 5 heteroatoms. The molecule has 1 unspecified atom stereocenters. The normalized spacial score (nSPS) is 23.0. The van der Waals surface area contributed by atoms with Crippen LogP contribution in [-0.4, -0.2) is 38.2 Å². The fourth-order valence-electron chi connectivity index (χ4n) is 3.35. The molecule has 0 aromatic heterocycles. The summed E-state index contributed by atoms with van der Waals surface area (Å²) < 4.78 is 32.4. The van der Waals surface area contributed by atoms with Crippen molar-refractivity contribution in [1.82, 2.24) is 4.31 Å². The van der Waals surface area contributed by atoms with E-state index in [9.17, 15) is 8.42 Å². The lowest BCUT2D eigenvalue weighted by Crippen LogP contribution is -2.39. The van der Waals surface area contributed by atoms with Crippen LogP contribution in [0, 0.1) is 5.92 Å². The van der Waals surface area contributed by atoms with E-state index >= 15 is 0 Å².